The van der Waals surface area contributed by atoms with Gasteiger partial charge in [0.25, 0.3) is 0 Å². The maximum absolute atomic E-state index is 4.02. The smallest absolute Gasteiger partial charge is 0.0780 e. The minimum atomic E-state index is -0.516. The topological polar surface area (TPSA) is 15.3 Å². The fourth-order valence-corrected chi connectivity index (χ4v) is 9.83. The molecule has 0 saturated heterocycles. The first kappa shape index (κ1) is 35.5. The molecule has 9 aromatic rings. The molecule has 0 radical (unpaired) electrons. The summed E-state index contributed by atoms with van der Waals surface area (Å²) in [5.74, 6) is 0. The Morgan fingerprint density at radius 2 is 0.950 bits per heavy atom. The second-order valence-corrected chi connectivity index (χ2v) is 15.7. The average Bonchev–Trinajstić information content (AvgIpc) is 3.63. The Morgan fingerprint density at radius 3 is 1.68 bits per heavy atom. The van der Waals surface area contributed by atoms with Crippen molar-refractivity contribution in [2.24, 2.45) is 0 Å². The molecular formula is C58H42N2. The number of hydrogen-bond donors (Lipinski definition) is 1. The number of anilines is 4. The summed E-state index contributed by atoms with van der Waals surface area (Å²) in [6.07, 6.45) is 2.40. The summed E-state index contributed by atoms with van der Waals surface area (Å²) in [5.41, 5.74) is 18.7. The summed E-state index contributed by atoms with van der Waals surface area (Å²) in [7, 11) is 0. The van der Waals surface area contributed by atoms with E-state index in [1.807, 2.05) is 0 Å². The highest BCUT2D eigenvalue weighted by Crippen LogP contribution is 2.57. The van der Waals surface area contributed by atoms with Gasteiger partial charge in [-0.25, -0.2) is 0 Å². The Morgan fingerprint density at radius 1 is 0.400 bits per heavy atom. The lowest BCUT2D eigenvalue weighted by atomic mass is 9.67. The molecule has 0 aromatic heterocycles. The van der Waals surface area contributed by atoms with E-state index in [-0.39, 0.29) is 6.04 Å². The van der Waals surface area contributed by atoms with Gasteiger partial charge in [-0.05, 0) is 104 Å². The van der Waals surface area contributed by atoms with E-state index in [0.717, 1.165) is 28.3 Å². The van der Waals surface area contributed by atoms with Crippen LogP contribution in [0.3, 0.4) is 0 Å². The van der Waals surface area contributed by atoms with Crippen LogP contribution in [0, 0.1) is 0 Å². The number of para-hydroxylation sites is 3. The molecule has 2 heteroatoms. The molecular weight excluding hydrogens is 725 g/mol. The maximum atomic E-state index is 4.02. The Kier molecular flexibility index (Phi) is 8.82. The van der Waals surface area contributed by atoms with Crippen molar-refractivity contribution < 1.29 is 0 Å². The van der Waals surface area contributed by atoms with Crippen molar-refractivity contribution in [1.29, 1.82) is 0 Å². The summed E-state index contributed by atoms with van der Waals surface area (Å²) in [6.45, 7) is 0. The van der Waals surface area contributed by atoms with Crippen molar-refractivity contribution in [2.45, 2.75) is 11.5 Å². The van der Waals surface area contributed by atoms with E-state index in [0.29, 0.717) is 0 Å². The minimum Gasteiger partial charge on any atom is -0.374 e. The first-order valence-corrected chi connectivity index (χ1v) is 20.8. The first-order chi connectivity index (χ1) is 29.8. The van der Waals surface area contributed by atoms with E-state index in [1.165, 1.54) is 61.2 Å². The quantitative estimate of drug-likeness (QED) is 0.166. The monoisotopic (exact) mass is 766 g/mol. The van der Waals surface area contributed by atoms with E-state index in [2.05, 4.69) is 253 Å². The van der Waals surface area contributed by atoms with Crippen LogP contribution < -0.4 is 10.2 Å². The van der Waals surface area contributed by atoms with Crippen LogP contribution in [0.5, 0.6) is 0 Å². The van der Waals surface area contributed by atoms with Crippen molar-refractivity contribution in [1.82, 2.24) is 0 Å². The van der Waals surface area contributed by atoms with E-state index in [9.17, 15) is 0 Å². The molecule has 0 bridgehead atoms. The number of hydrogen-bond acceptors (Lipinski definition) is 2. The second-order valence-electron chi connectivity index (χ2n) is 15.7. The van der Waals surface area contributed by atoms with E-state index >= 15 is 0 Å². The van der Waals surface area contributed by atoms with E-state index in [4.69, 9.17) is 0 Å². The summed E-state index contributed by atoms with van der Waals surface area (Å²) in [5, 5.41) is 4.02. The molecule has 0 spiro atoms. The van der Waals surface area contributed by atoms with Gasteiger partial charge >= 0.3 is 0 Å². The normalized spacial score (nSPS) is 14.5. The van der Waals surface area contributed by atoms with Crippen LogP contribution in [0.15, 0.2) is 237 Å². The van der Waals surface area contributed by atoms with Crippen LogP contribution in [0.2, 0.25) is 0 Å². The predicted molar refractivity (Wildman–Crippen MR) is 251 cm³/mol. The van der Waals surface area contributed by atoms with Crippen LogP contribution in [0.1, 0.15) is 45.0 Å². The zero-order chi connectivity index (χ0) is 39.9. The van der Waals surface area contributed by atoms with Crippen molar-refractivity contribution in [3.05, 3.63) is 276 Å². The van der Waals surface area contributed by atoms with Crippen molar-refractivity contribution >= 4 is 34.4 Å². The van der Waals surface area contributed by atoms with Crippen molar-refractivity contribution in [3.8, 4) is 22.3 Å². The van der Waals surface area contributed by atoms with Crippen LogP contribution in [0.4, 0.5) is 22.7 Å². The Bertz CT molecular complexity index is 2970. The summed E-state index contributed by atoms with van der Waals surface area (Å²) >= 11 is 0. The van der Waals surface area contributed by atoms with Crippen molar-refractivity contribution in [3.63, 3.8) is 0 Å². The number of benzene rings is 9. The van der Waals surface area contributed by atoms with E-state index in [1.54, 1.807) is 0 Å². The molecule has 2 aliphatic rings. The lowest BCUT2D eigenvalue weighted by Crippen LogP contribution is -2.28. The molecule has 0 saturated carbocycles. The molecule has 284 valence electrons. The first-order valence-electron chi connectivity index (χ1n) is 20.8. The highest BCUT2D eigenvalue weighted by atomic mass is 15.1. The third-order valence-electron chi connectivity index (χ3n) is 12.4. The number of rotatable bonds is 8. The largest absolute Gasteiger partial charge is 0.374 e. The summed E-state index contributed by atoms with van der Waals surface area (Å²) in [4.78, 5) is 2.46. The van der Waals surface area contributed by atoms with Gasteiger partial charge in [0.05, 0.1) is 17.1 Å². The maximum Gasteiger partial charge on any atom is 0.0780 e. The Hall–Kier alpha value is -7.68. The fraction of sp³-hybridized carbons (Fsp3) is 0.0345. The molecule has 1 N–H and O–H groups in total. The van der Waals surface area contributed by atoms with Crippen molar-refractivity contribution in [2.75, 3.05) is 10.2 Å². The van der Waals surface area contributed by atoms with Gasteiger partial charge in [-0.3, -0.25) is 0 Å². The SMILES string of the molecule is C1=C(c2ccccc2N(c2ccccc2)c2ccc3c(c2)C(c2ccccc2)(c2ccccc2)c2ccccc2-3)C(c2ccccc2-c2ccccc2)Nc2ccccc21. The van der Waals surface area contributed by atoms with Crippen LogP contribution in [0.25, 0.3) is 33.9 Å². The predicted octanol–water partition coefficient (Wildman–Crippen LogP) is 14.9. The number of nitrogens with zero attached hydrogens (tertiary/aromatic N) is 1. The van der Waals surface area contributed by atoms with Crippen LogP contribution >= 0.6 is 0 Å². The third kappa shape index (κ3) is 5.80. The van der Waals surface area contributed by atoms with Gasteiger partial charge in [0.1, 0.15) is 0 Å². The number of nitrogens with one attached hydrogen (secondary N) is 1. The fourth-order valence-electron chi connectivity index (χ4n) is 9.83. The van der Waals surface area contributed by atoms with Gasteiger partial charge in [-0.2, -0.15) is 0 Å². The van der Waals surface area contributed by atoms with Gasteiger partial charge < -0.3 is 10.2 Å². The molecule has 1 unspecified atom stereocenters. The lowest BCUT2D eigenvalue weighted by Gasteiger charge is -2.36. The molecule has 2 nitrogen and oxygen atoms in total. The van der Waals surface area contributed by atoms with E-state index < -0.39 is 5.41 Å². The molecule has 9 aromatic carbocycles. The summed E-state index contributed by atoms with van der Waals surface area (Å²) < 4.78 is 0. The Balaban J connectivity index is 1.15. The summed E-state index contributed by atoms with van der Waals surface area (Å²) in [6, 6.07) is 86.1. The molecule has 60 heavy (non-hydrogen) atoms. The third-order valence-corrected chi connectivity index (χ3v) is 12.4. The molecule has 1 aliphatic carbocycles. The molecule has 1 atom stereocenters. The van der Waals surface area contributed by atoms with Crippen LogP contribution in [-0.2, 0) is 5.41 Å². The zero-order valence-electron chi connectivity index (χ0n) is 33.1. The van der Waals surface area contributed by atoms with Crippen LogP contribution in [-0.4, -0.2) is 0 Å². The Labute approximate surface area is 352 Å². The molecule has 1 aliphatic heterocycles. The molecule has 1 heterocycles. The number of fused-ring (bicyclic) bond motifs is 4. The highest BCUT2D eigenvalue weighted by Gasteiger charge is 2.46. The van der Waals surface area contributed by atoms with Gasteiger partial charge in [0, 0.05) is 22.6 Å². The van der Waals surface area contributed by atoms with Gasteiger partial charge in [-0.15, -0.1) is 0 Å². The standard InChI is InChI=1S/C58H42N2/c1-5-21-41(22-6-1)47-30-14-15-33-51(47)57-52(39-42-23-13-19-35-55(42)59-57)50-32-17-20-36-56(50)60(45-28-11-4-12-29-45)46-37-38-49-48-31-16-18-34-53(48)58(54(49)40-46,43-24-7-2-8-25-43)44-26-9-3-10-27-44/h1-40,57,59H. The second kappa shape index (κ2) is 14.9. The zero-order valence-corrected chi connectivity index (χ0v) is 33.1. The van der Waals surface area contributed by atoms with Gasteiger partial charge in [0.15, 0.2) is 0 Å². The molecule has 11 rings (SSSR count). The highest BCUT2D eigenvalue weighted by molar-refractivity contribution is 5.99. The minimum absolute atomic E-state index is 0.117. The average molecular weight is 767 g/mol. The molecule has 0 fully saturated rings. The van der Waals surface area contributed by atoms with Gasteiger partial charge in [-0.1, -0.05) is 200 Å². The van der Waals surface area contributed by atoms with Gasteiger partial charge in [0.2, 0.25) is 0 Å². The lowest BCUT2D eigenvalue weighted by molar-refractivity contribution is 0.768. The molecule has 0 amide bonds.